The number of carbonyl (C=O) groups is 1. The number of hydrogen-bond acceptors (Lipinski definition) is 5. The second-order valence-corrected chi connectivity index (χ2v) is 7.19. The predicted octanol–water partition coefficient (Wildman–Crippen LogP) is 1.27. The van der Waals surface area contributed by atoms with Crippen molar-refractivity contribution >= 4 is 17.5 Å². The Bertz CT molecular complexity index is 780. The van der Waals surface area contributed by atoms with Crippen LogP contribution in [0.4, 0.5) is 0 Å². The van der Waals surface area contributed by atoms with Gasteiger partial charge in [0.25, 0.3) is 5.91 Å². The zero-order valence-electron chi connectivity index (χ0n) is 14.6. The van der Waals surface area contributed by atoms with E-state index in [0.29, 0.717) is 23.9 Å². The zero-order valence-corrected chi connectivity index (χ0v) is 15.4. The van der Waals surface area contributed by atoms with E-state index in [1.54, 1.807) is 6.07 Å². The van der Waals surface area contributed by atoms with Gasteiger partial charge in [-0.15, -0.1) is 0 Å². The first kappa shape index (κ1) is 18.7. The summed E-state index contributed by atoms with van der Waals surface area (Å²) in [4.78, 5) is 13.0. The van der Waals surface area contributed by atoms with Crippen molar-refractivity contribution < 1.29 is 14.6 Å². The second kappa shape index (κ2) is 8.07. The highest BCUT2D eigenvalue weighted by Gasteiger charge is 2.31. The number of likely N-dealkylation sites (tertiary alicyclic amines) is 1. The first-order chi connectivity index (χ1) is 12.4. The number of amides is 1. The molecule has 0 spiro atoms. The van der Waals surface area contributed by atoms with Gasteiger partial charge in [0.1, 0.15) is 5.75 Å². The molecule has 1 amide bonds. The van der Waals surface area contributed by atoms with Crippen molar-refractivity contribution in [3.63, 3.8) is 0 Å². The van der Waals surface area contributed by atoms with E-state index in [2.05, 4.69) is 15.1 Å². The van der Waals surface area contributed by atoms with Gasteiger partial charge in [0.2, 0.25) is 0 Å². The number of nitrogens with zero attached hydrogens (tertiary/aromatic N) is 2. The summed E-state index contributed by atoms with van der Waals surface area (Å²) < 4.78 is 5.26. The van der Waals surface area contributed by atoms with Gasteiger partial charge >= 0.3 is 0 Å². The highest BCUT2D eigenvalue weighted by molar-refractivity contribution is 6.32. The van der Waals surface area contributed by atoms with Crippen molar-refractivity contribution in [2.45, 2.75) is 26.0 Å². The molecule has 0 bridgehead atoms. The molecule has 0 saturated carbocycles. The number of β-amino-alcohol motifs (C(OH)–C–C–N with tert-alkyl or cyclic N) is 1. The first-order valence-corrected chi connectivity index (χ1v) is 8.89. The van der Waals surface area contributed by atoms with E-state index in [4.69, 9.17) is 22.1 Å². The van der Waals surface area contributed by atoms with Crippen molar-refractivity contribution in [1.82, 2.24) is 15.1 Å². The Morgan fingerprint density at radius 2 is 2.27 bits per heavy atom. The number of rotatable bonds is 7. The van der Waals surface area contributed by atoms with Crippen LogP contribution in [0.3, 0.4) is 0 Å². The first-order valence-electron chi connectivity index (χ1n) is 8.51. The number of nitrogens with one attached hydrogen (secondary N) is 1. The highest BCUT2D eigenvalue weighted by Crippen LogP contribution is 2.28. The van der Waals surface area contributed by atoms with E-state index >= 15 is 0 Å². The van der Waals surface area contributed by atoms with Crippen LogP contribution in [0.5, 0.6) is 5.75 Å². The van der Waals surface area contributed by atoms with Crippen LogP contribution in [0.15, 0.2) is 24.3 Å². The number of aliphatic hydroxyl groups is 1. The molecule has 8 heteroatoms. The summed E-state index contributed by atoms with van der Waals surface area (Å²) in [7, 11) is 0. The maximum Gasteiger partial charge on any atom is 0.255 e. The number of aromatic amines is 1. The average Bonchev–Trinajstić information content (AvgIpc) is 3.12. The van der Waals surface area contributed by atoms with Crippen LogP contribution in [0.25, 0.3) is 0 Å². The topological polar surface area (TPSA) is 104 Å². The van der Waals surface area contributed by atoms with E-state index in [9.17, 15) is 9.90 Å². The Balaban J connectivity index is 1.57. The van der Waals surface area contributed by atoms with Crippen LogP contribution < -0.4 is 10.5 Å². The van der Waals surface area contributed by atoms with E-state index in [0.717, 1.165) is 29.9 Å². The number of hydrogen-bond donors (Lipinski definition) is 3. The number of aryl methyl sites for hydroxylation is 1. The molecule has 2 heterocycles. The smallest absolute Gasteiger partial charge is 0.255 e. The molecule has 7 nitrogen and oxygen atoms in total. The minimum atomic E-state index is -0.547. The third-order valence-corrected chi connectivity index (χ3v) is 4.78. The number of halogens is 1. The van der Waals surface area contributed by atoms with Crippen molar-refractivity contribution in [2.24, 2.45) is 11.7 Å². The molecule has 1 fully saturated rings. The molecule has 2 atom stereocenters. The molecule has 2 aromatic rings. The molecule has 0 unspecified atom stereocenters. The second-order valence-electron chi connectivity index (χ2n) is 6.79. The van der Waals surface area contributed by atoms with Gasteiger partial charge < -0.3 is 15.6 Å². The van der Waals surface area contributed by atoms with Crippen LogP contribution in [0, 0.1) is 12.8 Å². The lowest BCUT2D eigenvalue weighted by atomic mass is 10.0. The van der Waals surface area contributed by atoms with Gasteiger partial charge in [-0.1, -0.05) is 17.7 Å². The Labute approximate surface area is 157 Å². The lowest BCUT2D eigenvalue weighted by Crippen LogP contribution is -2.21. The molecule has 26 heavy (non-hydrogen) atoms. The fraction of sp³-hybridized carbons (Fsp3) is 0.444. The number of benzene rings is 1. The van der Waals surface area contributed by atoms with Crippen molar-refractivity contribution in [3.05, 3.63) is 46.2 Å². The summed E-state index contributed by atoms with van der Waals surface area (Å²) in [6.07, 6.45) is 0.378. The third-order valence-electron chi connectivity index (χ3n) is 4.48. The van der Waals surface area contributed by atoms with Crippen LogP contribution in [0.1, 0.15) is 17.0 Å². The monoisotopic (exact) mass is 378 g/mol. The summed E-state index contributed by atoms with van der Waals surface area (Å²) in [6, 6.07) is 7.46. The number of H-pyrrole nitrogens is 1. The van der Waals surface area contributed by atoms with E-state index < -0.39 is 5.91 Å². The summed E-state index contributed by atoms with van der Waals surface area (Å²) in [6.45, 7) is 3.86. The highest BCUT2D eigenvalue weighted by atomic mass is 35.5. The van der Waals surface area contributed by atoms with E-state index in [-0.39, 0.29) is 18.6 Å². The number of ether oxygens (including phenoxy) is 1. The van der Waals surface area contributed by atoms with Gasteiger partial charge in [-0.3, -0.25) is 14.8 Å². The van der Waals surface area contributed by atoms with Crippen LogP contribution >= 0.6 is 11.6 Å². The molecule has 1 saturated heterocycles. The summed E-state index contributed by atoms with van der Waals surface area (Å²) in [5.41, 5.74) is 8.09. The molecule has 4 N–H and O–H groups in total. The lowest BCUT2D eigenvalue weighted by molar-refractivity contribution is -0.119. The third kappa shape index (κ3) is 4.75. The summed E-state index contributed by atoms with van der Waals surface area (Å²) >= 11 is 6.21. The molecular formula is C18H23ClN4O3. The SMILES string of the molecule is Cc1cc(C[C@@H]2CN(Cc3ccc(OCC(N)=O)c(Cl)c3)C[C@H]2O)n[nH]1. The van der Waals surface area contributed by atoms with Gasteiger partial charge in [0, 0.05) is 31.2 Å². The van der Waals surface area contributed by atoms with Crippen molar-refractivity contribution in [3.8, 4) is 5.75 Å². The van der Waals surface area contributed by atoms with Gasteiger partial charge in [-0.25, -0.2) is 0 Å². The van der Waals surface area contributed by atoms with Crippen molar-refractivity contribution in [2.75, 3.05) is 19.7 Å². The Morgan fingerprint density at radius 1 is 1.46 bits per heavy atom. The largest absolute Gasteiger partial charge is 0.482 e. The Morgan fingerprint density at radius 3 is 2.92 bits per heavy atom. The standard InChI is InChI=1S/C18H23ClN4O3/c1-11-4-14(22-21-11)6-13-8-23(9-16(13)24)7-12-2-3-17(15(19)5-12)26-10-18(20)25/h2-5,13,16,24H,6-10H2,1H3,(H2,20,25)(H,21,22)/t13-,16-/m1/s1. The zero-order chi connectivity index (χ0) is 18.7. The number of primary amides is 1. The van der Waals surface area contributed by atoms with Gasteiger partial charge in [0.15, 0.2) is 6.61 Å². The fourth-order valence-corrected chi connectivity index (χ4v) is 3.54. The fourth-order valence-electron chi connectivity index (χ4n) is 3.29. The normalized spacial score (nSPS) is 20.4. The molecule has 0 radical (unpaired) electrons. The minimum absolute atomic E-state index is 0.159. The molecule has 1 aromatic carbocycles. The lowest BCUT2D eigenvalue weighted by Gasteiger charge is -2.16. The molecule has 1 aromatic heterocycles. The van der Waals surface area contributed by atoms with Gasteiger partial charge in [-0.2, -0.15) is 5.10 Å². The predicted molar refractivity (Wildman–Crippen MR) is 97.9 cm³/mol. The van der Waals surface area contributed by atoms with E-state index in [1.807, 2.05) is 25.1 Å². The molecule has 1 aliphatic rings. The van der Waals surface area contributed by atoms with Crippen LogP contribution in [-0.4, -0.2) is 51.9 Å². The molecule has 140 valence electrons. The number of aliphatic hydroxyl groups excluding tert-OH is 1. The van der Waals surface area contributed by atoms with E-state index in [1.165, 1.54) is 0 Å². The minimum Gasteiger partial charge on any atom is -0.482 e. The van der Waals surface area contributed by atoms with Gasteiger partial charge in [0.05, 0.1) is 16.8 Å². The van der Waals surface area contributed by atoms with Crippen molar-refractivity contribution in [1.29, 1.82) is 0 Å². The maximum atomic E-state index is 10.8. The molecule has 1 aliphatic heterocycles. The maximum absolute atomic E-state index is 10.8. The number of aromatic nitrogens is 2. The molecule has 0 aliphatic carbocycles. The molecular weight excluding hydrogens is 356 g/mol. The number of carbonyl (C=O) groups excluding carboxylic acids is 1. The Kier molecular flexibility index (Phi) is 5.80. The Hall–Kier alpha value is -2.09. The average molecular weight is 379 g/mol. The summed E-state index contributed by atoms with van der Waals surface area (Å²) in [5, 5.41) is 18.0. The quantitative estimate of drug-likeness (QED) is 0.673. The van der Waals surface area contributed by atoms with Crippen LogP contribution in [-0.2, 0) is 17.8 Å². The number of nitrogens with two attached hydrogens (primary N) is 1. The van der Waals surface area contributed by atoms with Crippen LogP contribution in [0.2, 0.25) is 5.02 Å². The molecule has 3 rings (SSSR count). The van der Waals surface area contributed by atoms with Gasteiger partial charge in [-0.05, 0) is 37.1 Å². The summed E-state index contributed by atoms with van der Waals surface area (Å²) in [5.74, 6) is 0.0446.